The van der Waals surface area contributed by atoms with Gasteiger partial charge in [-0.05, 0) is 25.1 Å². The highest BCUT2D eigenvalue weighted by Crippen LogP contribution is 2.45. The summed E-state index contributed by atoms with van der Waals surface area (Å²) >= 11 is 0. The van der Waals surface area contributed by atoms with Gasteiger partial charge in [0, 0.05) is 37.7 Å². The Morgan fingerprint density at radius 2 is 1.72 bits per heavy atom. The molecule has 0 spiro atoms. The zero-order chi connectivity index (χ0) is 20.0. The molecule has 2 amide bonds. The van der Waals surface area contributed by atoms with Gasteiger partial charge in [-0.15, -0.1) is 0 Å². The van der Waals surface area contributed by atoms with Crippen molar-refractivity contribution in [1.82, 2.24) is 19.9 Å². The number of carbonyl (C=O) groups is 2. The van der Waals surface area contributed by atoms with E-state index < -0.39 is 5.41 Å². The third kappa shape index (κ3) is 2.83. The van der Waals surface area contributed by atoms with E-state index in [1.807, 2.05) is 35.2 Å². The van der Waals surface area contributed by atoms with Crippen molar-refractivity contribution in [3.63, 3.8) is 0 Å². The molecule has 2 aromatic heterocycles. The molecule has 0 saturated carbocycles. The molecule has 5 rings (SSSR count). The second kappa shape index (κ2) is 6.58. The van der Waals surface area contributed by atoms with E-state index in [1.54, 1.807) is 17.9 Å². The van der Waals surface area contributed by atoms with Crippen LogP contribution in [0.5, 0.6) is 0 Å². The van der Waals surface area contributed by atoms with Crippen LogP contribution in [0.1, 0.15) is 32.4 Å². The maximum Gasteiger partial charge on any atom is 0.257 e. The summed E-state index contributed by atoms with van der Waals surface area (Å²) in [6.07, 6.45) is 2.94. The molecule has 8 nitrogen and oxygen atoms in total. The summed E-state index contributed by atoms with van der Waals surface area (Å²) < 4.78 is 10.6. The fourth-order valence-corrected chi connectivity index (χ4v) is 4.51. The Kier molecular flexibility index (Phi) is 4.01. The first-order valence-electron chi connectivity index (χ1n) is 9.53. The SMILES string of the molecule is Cc1noc([C@@]23CN(C(=O)c4ccccc4)C[C@@H]2CN(C(=O)c2ccoc2)C3)n1. The molecule has 4 heterocycles. The number of amides is 2. The highest BCUT2D eigenvalue weighted by Gasteiger charge is 2.58. The minimum Gasteiger partial charge on any atom is -0.472 e. The molecular weight excluding hydrogens is 372 g/mol. The number of fused-ring (bicyclic) bond motifs is 1. The average molecular weight is 392 g/mol. The molecule has 0 radical (unpaired) electrons. The first kappa shape index (κ1) is 17.7. The van der Waals surface area contributed by atoms with Gasteiger partial charge in [-0.3, -0.25) is 9.59 Å². The topological polar surface area (TPSA) is 92.7 Å². The van der Waals surface area contributed by atoms with Gasteiger partial charge in [0.1, 0.15) is 6.26 Å². The predicted octanol–water partition coefficient (Wildman–Crippen LogP) is 2.14. The van der Waals surface area contributed by atoms with Gasteiger partial charge in [0.25, 0.3) is 11.8 Å². The smallest absolute Gasteiger partial charge is 0.257 e. The van der Waals surface area contributed by atoms with Crippen LogP contribution in [0.3, 0.4) is 0 Å². The van der Waals surface area contributed by atoms with E-state index in [4.69, 9.17) is 8.94 Å². The lowest BCUT2D eigenvalue weighted by molar-refractivity contribution is 0.0727. The van der Waals surface area contributed by atoms with Crippen LogP contribution in [0.25, 0.3) is 0 Å². The van der Waals surface area contributed by atoms with Crippen LogP contribution in [0.15, 0.2) is 57.9 Å². The van der Waals surface area contributed by atoms with Crippen molar-refractivity contribution in [1.29, 1.82) is 0 Å². The van der Waals surface area contributed by atoms with Gasteiger partial charge in [0.15, 0.2) is 5.82 Å². The summed E-state index contributed by atoms with van der Waals surface area (Å²) in [5.41, 5.74) is 0.597. The zero-order valence-electron chi connectivity index (χ0n) is 15.9. The maximum absolute atomic E-state index is 13.0. The minimum atomic E-state index is -0.564. The van der Waals surface area contributed by atoms with E-state index in [0.717, 1.165) is 0 Å². The van der Waals surface area contributed by atoms with Gasteiger partial charge >= 0.3 is 0 Å². The Bertz CT molecular complexity index is 1050. The first-order valence-corrected chi connectivity index (χ1v) is 9.53. The second-order valence-electron chi connectivity index (χ2n) is 7.75. The Balaban J connectivity index is 1.46. The van der Waals surface area contributed by atoms with E-state index >= 15 is 0 Å². The van der Waals surface area contributed by atoms with Gasteiger partial charge in [-0.25, -0.2) is 0 Å². The molecular formula is C21H20N4O4. The molecule has 3 aromatic rings. The van der Waals surface area contributed by atoms with Crippen LogP contribution in [0.4, 0.5) is 0 Å². The van der Waals surface area contributed by atoms with Gasteiger partial charge in [-0.1, -0.05) is 23.4 Å². The highest BCUT2D eigenvalue weighted by molar-refractivity contribution is 5.95. The van der Waals surface area contributed by atoms with Gasteiger partial charge in [0.05, 0.1) is 17.2 Å². The van der Waals surface area contributed by atoms with Crippen molar-refractivity contribution >= 4 is 11.8 Å². The fourth-order valence-electron chi connectivity index (χ4n) is 4.51. The van der Waals surface area contributed by atoms with Crippen LogP contribution in [-0.2, 0) is 5.41 Å². The summed E-state index contributed by atoms with van der Waals surface area (Å²) in [5, 5.41) is 3.96. The molecule has 2 saturated heterocycles. The number of benzene rings is 1. The standard InChI is InChI=1S/C21H20N4O4/c1-14-22-20(29-23-14)21-12-24(18(26)15-5-3-2-4-6-15)9-17(21)10-25(13-21)19(27)16-7-8-28-11-16/h2-8,11,17H,9-10,12-13H2,1H3/t17-,21-/m1/s1. The lowest BCUT2D eigenvalue weighted by Gasteiger charge is -2.26. The highest BCUT2D eigenvalue weighted by atomic mass is 16.5. The van der Waals surface area contributed by atoms with Crippen LogP contribution in [0.2, 0.25) is 0 Å². The number of carbonyl (C=O) groups excluding carboxylic acids is 2. The molecule has 2 atom stereocenters. The van der Waals surface area contributed by atoms with Crippen LogP contribution in [-0.4, -0.2) is 57.9 Å². The van der Waals surface area contributed by atoms with Crippen molar-refractivity contribution < 1.29 is 18.5 Å². The Hall–Kier alpha value is -3.42. The molecule has 8 heteroatoms. The van der Waals surface area contributed by atoms with Crippen molar-refractivity contribution in [3.8, 4) is 0 Å². The Morgan fingerprint density at radius 1 is 1.03 bits per heavy atom. The Morgan fingerprint density at radius 3 is 2.31 bits per heavy atom. The first-order chi connectivity index (χ1) is 14.1. The van der Waals surface area contributed by atoms with E-state index in [2.05, 4.69) is 10.1 Å². The number of furan rings is 1. The molecule has 2 aliphatic heterocycles. The summed E-state index contributed by atoms with van der Waals surface area (Å²) in [6, 6.07) is 10.9. The molecule has 2 aliphatic rings. The van der Waals surface area contributed by atoms with Crippen LogP contribution in [0, 0.1) is 12.8 Å². The van der Waals surface area contributed by atoms with Gasteiger partial charge in [0.2, 0.25) is 5.89 Å². The predicted molar refractivity (Wildman–Crippen MR) is 101 cm³/mol. The van der Waals surface area contributed by atoms with E-state index in [-0.39, 0.29) is 17.7 Å². The maximum atomic E-state index is 13.0. The molecule has 0 unspecified atom stereocenters. The quantitative estimate of drug-likeness (QED) is 0.678. The molecule has 0 N–H and O–H groups in total. The van der Waals surface area contributed by atoms with E-state index in [9.17, 15) is 9.59 Å². The normalized spacial score (nSPS) is 23.4. The largest absolute Gasteiger partial charge is 0.472 e. The molecule has 29 heavy (non-hydrogen) atoms. The Labute approximate surface area is 167 Å². The monoisotopic (exact) mass is 392 g/mol. The molecule has 0 bridgehead atoms. The van der Waals surface area contributed by atoms with Crippen molar-refractivity contribution in [2.24, 2.45) is 5.92 Å². The zero-order valence-corrected chi connectivity index (χ0v) is 15.9. The lowest BCUT2D eigenvalue weighted by atomic mass is 9.81. The minimum absolute atomic E-state index is 0.0193. The van der Waals surface area contributed by atoms with Crippen LogP contribution >= 0.6 is 0 Å². The van der Waals surface area contributed by atoms with Crippen molar-refractivity contribution in [3.05, 3.63) is 71.8 Å². The van der Waals surface area contributed by atoms with E-state index in [0.29, 0.717) is 49.0 Å². The van der Waals surface area contributed by atoms with Gasteiger partial charge < -0.3 is 18.7 Å². The lowest BCUT2D eigenvalue weighted by Crippen LogP contribution is -2.41. The number of aromatic nitrogens is 2. The van der Waals surface area contributed by atoms with Crippen LogP contribution < -0.4 is 0 Å². The number of hydrogen-bond donors (Lipinski definition) is 0. The van der Waals surface area contributed by atoms with Gasteiger partial charge in [-0.2, -0.15) is 4.98 Å². The van der Waals surface area contributed by atoms with Crippen molar-refractivity contribution in [2.45, 2.75) is 12.3 Å². The summed E-state index contributed by atoms with van der Waals surface area (Å²) in [4.78, 5) is 34.0. The molecule has 148 valence electrons. The van der Waals surface area contributed by atoms with E-state index in [1.165, 1.54) is 12.5 Å². The number of hydrogen-bond acceptors (Lipinski definition) is 6. The summed E-state index contributed by atoms with van der Waals surface area (Å²) in [7, 11) is 0. The number of rotatable bonds is 3. The second-order valence-corrected chi connectivity index (χ2v) is 7.75. The molecule has 1 aromatic carbocycles. The fraction of sp³-hybridized carbons (Fsp3) is 0.333. The number of likely N-dealkylation sites (tertiary alicyclic amines) is 2. The number of aryl methyl sites for hydroxylation is 1. The third-order valence-corrected chi connectivity index (χ3v) is 5.93. The average Bonchev–Trinajstić information content (AvgIpc) is 3.50. The van der Waals surface area contributed by atoms with Crippen molar-refractivity contribution in [2.75, 3.05) is 26.2 Å². The molecule has 0 aliphatic carbocycles. The third-order valence-electron chi connectivity index (χ3n) is 5.93. The summed E-state index contributed by atoms with van der Waals surface area (Å²) in [5.74, 6) is 0.935. The number of nitrogens with zero attached hydrogens (tertiary/aromatic N) is 4. The molecule has 2 fully saturated rings. The summed E-state index contributed by atoms with van der Waals surface area (Å²) in [6.45, 7) is 3.67.